The van der Waals surface area contributed by atoms with Crippen LogP contribution in [0.3, 0.4) is 0 Å². The normalized spacial score (nSPS) is 23.5. The van der Waals surface area contributed by atoms with E-state index in [2.05, 4.69) is 29.8 Å². The van der Waals surface area contributed by atoms with Gasteiger partial charge in [-0.2, -0.15) is 0 Å². The highest BCUT2D eigenvalue weighted by Gasteiger charge is 2.39. The molecule has 0 bridgehead atoms. The summed E-state index contributed by atoms with van der Waals surface area (Å²) in [4.78, 5) is 13.9. The van der Waals surface area contributed by atoms with Crippen LogP contribution < -0.4 is 5.73 Å². The van der Waals surface area contributed by atoms with Gasteiger partial charge in [-0.3, -0.25) is 4.79 Å². The van der Waals surface area contributed by atoms with Crippen molar-refractivity contribution in [2.24, 2.45) is 11.7 Å². The fourth-order valence-electron chi connectivity index (χ4n) is 2.57. The lowest BCUT2D eigenvalue weighted by molar-refractivity contribution is -0.129. The molecule has 1 aromatic carbocycles. The van der Waals surface area contributed by atoms with Crippen molar-refractivity contribution < 1.29 is 4.79 Å². The third kappa shape index (κ3) is 3.12. The zero-order valence-electron chi connectivity index (χ0n) is 11.1. The predicted octanol–water partition coefficient (Wildman–Crippen LogP) is 3.36. The summed E-state index contributed by atoms with van der Waals surface area (Å²) in [7, 11) is 0. The Morgan fingerprint density at radius 2 is 2.21 bits per heavy atom. The van der Waals surface area contributed by atoms with Gasteiger partial charge in [0, 0.05) is 28.5 Å². The van der Waals surface area contributed by atoms with E-state index in [4.69, 9.17) is 17.3 Å². The molecule has 19 heavy (non-hydrogen) atoms. The number of halogens is 2. The van der Waals surface area contributed by atoms with Crippen LogP contribution in [0, 0.1) is 5.92 Å². The summed E-state index contributed by atoms with van der Waals surface area (Å²) in [6.07, 6.45) is 0.393. The van der Waals surface area contributed by atoms with Gasteiger partial charge in [0.2, 0.25) is 5.91 Å². The molecule has 1 heterocycles. The van der Waals surface area contributed by atoms with Crippen molar-refractivity contribution in [2.75, 3.05) is 6.54 Å². The second-order valence-corrected chi connectivity index (χ2v) is 6.74. The highest BCUT2D eigenvalue weighted by molar-refractivity contribution is 9.10. The first kappa shape index (κ1) is 14.8. The summed E-state index contributed by atoms with van der Waals surface area (Å²) in [5.41, 5.74) is 7.08. The summed E-state index contributed by atoms with van der Waals surface area (Å²) in [6, 6.07) is 5.42. The molecule has 2 rings (SSSR count). The molecule has 0 spiro atoms. The molecular weight excluding hydrogens is 328 g/mol. The number of amides is 1. The molecule has 1 aliphatic rings. The molecule has 1 aromatic rings. The number of benzene rings is 1. The lowest BCUT2D eigenvalue weighted by Crippen LogP contribution is -2.35. The van der Waals surface area contributed by atoms with E-state index in [9.17, 15) is 4.79 Å². The van der Waals surface area contributed by atoms with Crippen molar-refractivity contribution in [3.05, 3.63) is 33.3 Å². The Bertz CT molecular complexity index is 492. The minimum Gasteiger partial charge on any atom is -0.334 e. The fraction of sp³-hybridized carbons (Fsp3) is 0.500. The van der Waals surface area contributed by atoms with Crippen molar-refractivity contribution in [2.45, 2.75) is 32.4 Å². The molecule has 2 atom stereocenters. The highest BCUT2D eigenvalue weighted by atomic mass is 79.9. The van der Waals surface area contributed by atoms with Crippen LogP contribution >= 0.6 is 27.5 Å². The summed E-state index contributed by atoms with van der Waals surface area (Å²) >= 11 is 9.69. The molecule has 1 amide bonds. The molecule has 0 radical (unpaired) electrons. The van der Waals surface area contributed by atoms with Gasteiger partial charge in [0.25, 0.3) is 0 Å². The van der Waals surface area contributed by atoms with Gasteiger partial charge in [0.1, 0.15) is 0 Å². The van der Waals surface area contributed by atoms with Gasteiger partial charge in [-0.15, -0.1) is 0 Å². The van der Waals surface area contributed by atoms with Gasteiger partial charge in [-0.1, -0.05) is 47.4 Å². The Labute approximate surface area is 127 Å². The molecule has 1 aliphatic heterocycles. The molecule has 3 nitrogen and oxygen atoms in total. The van der Waals surface area contributed by atoms with Crippen molar-refractivity contribution in [3.8, 4) is 0 Å². The van der Waals surface area contributed by atoms with Gasteiger partial charge >= 0.3 is 0 Å². The third-order valence-corrected chi connectivity index (χ3v) is 4.14. The van der Waals surface area contributed by atoms with Crippen molar-refractivity contribution in [1.29, 1.82) is 0 Å². The first-order chi connectivity index (χ1) is 8.90. The second kappa shape index (κ2) is 5.81. The molecule has 5 heteroatoms. The number of carbonyl (C=O) groups is 1. The number of hydrogen-bond acceptors (Lipinski definition) is 2. The minimum atomic E-state index is -0.190. The summed E-state index contributed by atoms with van der Waals surface area (Å²) < 4.78 is 0.926. The number of nitrogens with zero attached hydrogens (tertiary/aromatic N) is 1. The lowest BCUT2D eigenvalue weighted by atomic mass is 10.00. The van der Waals surface area contributed by atoms with Crippen molar-refractivity contribution >= 4 is 33.4 Å². The summed E-state index contributed by atoms with van der Waals surface area (Å²) in [5.74, 6) is 0.524. The molecule has 104 valence electrons. The van der Waals surface area contributed by atoms with Gasteiger partial charge in [0.05, 0.1) is 6.04 Å². The lowest BCUT2D eigenvalue weighted by Gasteiger charge is -2.29. The van der Waals surface area contributed by atoms with E-state index in [1.165, 1.54) is 0 Å². The Morgan fingerprint density at radius 3 is 2.79 bits per heavy atom. The minimum absolute atomic E-state index is 0.115. The summed E-state index contributed by atoms with van der Waals surface area (Å²) in [6.45, 7) is 4.90. The van der Waals surface area contributed by atoms with E-state index in [1.807, 2.05) is 23.1 Å². The maximum Gasteiger partial charge on any atom is 0.224 e. The van der Waals surface area contributed by atoms with Crippen LogP contribution in [0.5, 0.6) is 0 Å². The maximum absolute atomic E-state index is 12.1. The highest BCUT2D eigenvalue weighted by Crippen LogP contribution is 2.37. The first-order valence-electron chi connectivity index (χ1n) is 6.40. The molecule has 0 aromatic heterocycles. The standard InChI is InChI=1S/C14H18BrClN2O/c1-8(2)7-18-13(19)6-12(17)14(18)10-4-3-9(15)5-11(10)16/h3-5,8,12,14H,6-7,17H2,1-2H3. The predicted molar refractivity (Wildman–Crippen MR) is 81.0 cm³/mol. The van der Waals surface area contributed by atoms with Gasteiger partial charge in [-0.25, -0.2) is 0 Å². The molecule has 0 aliphatic carbocycles. The summed E-state index contributed by atoms with van der Waals surface area (Å²) in [5, 5.41) is 0.651. The topological polar surface area (TPSA) is 46.3 Å². The largest absolute Gasteiger partial charge is 0.334 e. The van der Waals surface area contributed by atoms with Gasteiger partial charge in [-0.05, 0) is 23.6 Å². The van der Waals surface area contributed by atoms with E-state index < -0.39 is 0 Å². The quantitative estimate of drug-likeness (QED) is 0.913. The average molecular weight is 346 g/mol. The third-order valence-electron chi connectivity index (χ3n) is 3.31. The smallest absolute Gasteiger partial charge is 0.224 e. The number of likely N-dealkylation sites (tertiary alicyclic amines) is 1. The monoisotopic (exact) mass is 344 g/mol. The Balaban J connectivity index is 2.36. The van der Waals surface area contributed by atoms with Crippen LogP contribution in [-0.4, -0.2) is 23.4 Å². The maximum atomic E-state index is 12.1. The zero-order chi connectivity index (χ0) is 14.2. The van der Waals surface area contributed by atoms with Crippen LogP contribution in [-0.2, 0) is 4.79 Å². The second-order valence-electron chi connectivity index (χ2n) is 5.42. The molecule has 2 unspecified atom stereocenters. The van der Waals surface area contributed by atoms with E-state index in [0.717, 1.165) is 10.0 Å². The fourth-order valence-corrected chi connectivity index (χ4v) is 3.35. The van der Waals surface area contributed by atoms with Crippen LogP contribution in [0.25, 0.3) is 0 Å². The molecule has 0 saturated carbocycles. The van der Waals surface area contributed by atoms with Crippen LogP contribution in [0.4, 0.5) is 0 Å². The van der Waals surface area contributed by atoms with Crippen molar-refractivity contribution in [3.63, 3.8) is 0 Å². The molecule has 1 fully saturated rings. The first-order valence-corrected chi connectivity index (χ1v) is 7.57. The van der Waals surface area contributed by atoms with E-state index in [1.54, 1.807) is 0 Å². The van der Waals surface area contributed by atoms with E-state index >= 15 is 0 Å². The number of rotatable bonds is 3. The van der Waals surface area contributed by atoms with Crippen LogP contribution in [0.1, 0.15) is 31.9 Å². The number of carbonyl (C=O) groups excluding carboxylic acids is 1. The van der Waals surface area contributed by atoms with E-state index in [0.29, 0.717) is 23.9 Å². The van der Waals surface area contributed by atoms with Gasteiger partial charge in [0.15, 0.2) is 0 Å². The van der Waals surface area contributed by atoms with Crippen LogP contribution in [0.15, 0.2) is 22.7 Å². The Kier molecular flexibility index (Phi) is 4.54. The SMILES string of the molecule is CC(C)CN1C(=O)CC(N)C1c1ccc(Br)cc1Cl. The Hall–Kier alpha value is -0.580. The zero-order valence-corrected chi connectivity index (χ0v) is 13.4. The number of nitrogens with two attached hydrogens (primary N) is 1. The molecule has 1 saturated heterocycles. The van der Waals surface area contributed by atoms with Gasteiger partial charge < -0.3 is 10.6 Å². The Morgan fingerprint density at radius 1 is 1.53 bits per heavy atom. The van der Waals surface area contributed by atoms with Crippen LogP contribution in [0.2, 0.25) is 5.02 Å². The van der Waals surface area contributed by atoms with Crippen molar-refractivity contribution in [1.82, 2.24) is 4.90 Å². The molecular formula is C14H18BrClN2O. The number of hydrogen-bond donors (Lipinski definition) is 1. The average Bonchev–Trinajstić information content (AvgIpc) is 2.54. The van der Waals surface area contributed by atoms with E-state index in [-0.39, 0.29) is 18.0 Å². The molecule has 2 N–H and O–H groups in total.